The number of alkyl halides is 2. The second-order valence-corrected chi connectivity index (χ2v) is 3.33. The Balaban J connectivity index is 2.53. The molecule has 15 heavy (non-hydrogen) atoms. The fourth-order valence-electron chi connectivity index (χ4n) is 1.34. The summed E-state index contributed by atoms with van der Waals surface area (Å²) in [5.74, 6) is 0. The predicted molar refractivity (Wildman–Crippen MR) is 53.9 cm³/mol. The second-order valence-electron chi connectivity index (χ2n) is 2.99. The average Bonchev–Trinajstić information content (AvgIpc) is 2.62. The molecule has 0 bridgehead atoms. The minimum atomic E-state index is -2.58. The second kappa shape index (κ2) is 3.98. The Kier molecular flexibility index (Phi) is 2.68. The molecule has 0 atom stereocenters. The molecule has 0 unspecified atom stereocenters. The highest BCUT2D eigenvalue weighted by Crippen LogP contribution is 2.29. The molecule has 5 heteroatoms. The molecule has 78 valence electrons. The highest BCUT2D eigenvalue weighted by molar-refractivity contribution is 6.14. The van der Waals surface area contributed by atoms with E-state index in [1.807, 2.05) is 6.07 Å². The molecular formula is C10H7ClF2N2. The van der Waals surface area contributed by atoms with Crippen molar-refractivity contribution >= 4 is 11.8 Å². The lowest BCUT2D eigenvalue weighted by Gasteiger charge is -1.99. The summed E-state index contributed by atoms with van der Waals surface area (Å²) in [5.41, 5.74) is 0.698. The third kappa shape index (κ3) is 1.99. The molecule has 1 aromatic heterocycles. The maximum atomic E-state index is 12.6. The van der Waals surface area contributed by atoms with Crippen molar-refractivity contribution in [2.24, 2.45) is 0 Å². The molecular weight excluding hydrogens is 222 g/mol. The van der Waals surface area contributed by atoms with Gasteiger partial charge < -0.3 is 0 Å². The van der Waals surface area contributed by atoms with E-state index in [1.54, 1.807) is 24.3 Å². The number of hydrogen-bond acceptors (Lipinski definition) is 1. The fourth-order valence-corrected chi connectivity index (χ4v) is 1.52. The van der Waals surface area contributed by atoms with Crippen LogP contribution in [-0.4, -0.2) is 9.30 Å². The number of rotatable bonds is 2. The van der Waals surface area contributed by atoms with Gasteiger partial charge in [-0.2, -0.15) is 9.30 Å². The van der Waals surface area contributed by atoms with Crippen LogP contribution in [0.4, 0.5) is 8.78 Å². The van der Waals surface area contributed by atoms with Gasteiger partial charge in [-0.25, -0.2) is 8.78 Å². The van der Waals surface area contributed by atoms with E-state index in [0.29, 0.717) is 5.56 Å². The van der Waals surface area contributed by atoms with E-state index >= 15 is 0 Å². The van der Waals surface area contributed by atoms with Crippen molar-refractivity contribution in [2.45, 2.75) is 6.43 Å². The third-order valence-electron chi connectivity index (χ3n) is 2.00. The number of nitrogens with zero attached hydrogens (tertiary/aromatic N) is 2. The number of hydrogen-bond donors (Lipinski definition) is 0. The van der Waals surface area contributed by atoms with E-state index in [4.69, 9.17) is 11.8 Å². The van der Waals surface area contributed by atoms with Crippen LogP contribution in [0.2, 0.25) is 0 Å². The zero-order valence-corrected chi connectivity index (χ0v) is 8.33. The first kappa shape index (κ1) is 10.1. The Morgan fingerprint density at radius 1 is 1.20 bits per heavy atom. The van der Waals surface area contributed by atoms with Gasteiger partial charge in [0.15, 0.2) is 0 Å². The largest absolute Gasteiger partial charge is 0.267 e. The first-order valence-electron chi connectivity index (χ1n) is 4.28. The number of benzene rings is 1. The molecule has 0 amide bonds. The minimum Gasteiger partial charge on any atom is -0.205 e. The average molecular weight is 229 g/mol. The smallest absolute Gasteiger partial charge is 0.205 e. The maximum absolute atomic E-state index is 12.6. The van der Waals surface area contributed by atoms with Gasteiger partial charge in [-0.3, -0.25) is 0 Å². The van der Waals surface area contributed by atoms with E-state index in [1.165, 1.54) is 0 Å². The van der Waals surface area contributed by atoms with Crippen LogP contribution in [0.1, 0.15) is 12.0 Å². The van der Waals surface area contributed by atoms with Gasteiger partial charge in [-0.1, -0.05) is 30.3 Å². The van der Waals surface area contributed by atoms with E-state index in [2.05, 4.69) is 5.10 Å². The molecule has 0 spiro atoms. The molecule has 0 aliphatic rings. The lowest BCUT2D eigenvalue weighted by atomic mass is 10.1. The van der Waals surface area contributed by atoms with E-state index in [-0.39, 0.29) is 11.3 Å². The van der Waals surface area contributed by atoms with Gasteiger partial charge in [0, 0.05) is 17.3 Å². The summed E-state index contributed by atoms with van der Waals surface area (Å²) in [4.78, 5) is 0. The molecule has 0 N–H and O–H groups in total. The Hall–Kier alpha value is -1.42. The van der Waals surface area contributed by atoms with Crippen molar-refractivity contribution in [1.82, 2.24) is 9.30 Å². The Labute approximate surface area is 90.2 Å². The summed E-state index contributed by atoms with van der Waals surface area (Å²) in [7, 11) is 0. The van der Waals surface area contributed by atoms with Crippen molar-refractivity contribution < 1.29 is 8.78 Å². The number of aromatic nitrogens is 2. The molecule has 0 saturated heterocycles. The zero-order valence-electron chi connectivity index (χ0n) is 7.57. The quantitative estimate of drug-likeness (QED) is 0.769. The summed E-state index contributed by atoms with van der Waals surface area (Å²) < 4.78 is 26.1. The summed E-state index contributed by atoms with van der Waals surface area (Å²) in [6.45, 7) is 0. The highest BCUT2D eigenvalue weighted by Gasteiger charge is 2.18. The summed E-state index contributed by atoms with van der Waals surface area (Å²) >= 11 is 5.53. The van der Waals surface area contributed by atoms with Crippen molar-refractivity contribution in [2.75, 3.05) is 0 Å². The molecule has 0 aliphatic carbocycles. The van der Waals surface area contributed by atoms with Gasteiger partial charge in [-0.15, -0.1) is 0 Å². The SMILES string of the molecule is FC(F)c1cn(Cl)nc1-c1ccccc1. The molecule has 2 aromatic rings. The van der Waals surface area contributed by atoms with Gasteiger partial charge >= 0.3 is 0 Å². The monoisotopic (exact) mass is 228 g/mol. The van der Waals surface area contributed by atoms with Crippen LogP contribution in [0.5, 0.6) is 0 Å². The maximum Gasteiger partial charge on any atom is 0.267 e. The minimum absolute atomic E-state index is 0.156. The predicted octanol–water partition coefficient (Wildman–Crippen LogP) is 3.49. The first-order valence-corrected chi connectivity index (χ1v) is 4.61. The summed E-state index contributed by atoms with van der Waals surface area (Å²) in [5, 5.41) is 3.80. The van der Waals surface area contributed by atoms with Crippen molar-refractivity contribution in [3.05, 3.63) is 42.1 Å². The van der Waals surface area contributed by atoms with Gasteiger partial charge in [0.1, 0.15) is 5.69 Å². The summed E-state index contributed by atoms with van der Waals surface area (Å²) in [6.07, 6.45) is -1.46. The Morgan fingerprint density at radius 3 is 2.47 bits per heavy atom. The van der Waals surface area contributed by atoms with Crippen LogP contribution < -0.4 is 0 Å². The molecule has 0 aliphatic heterocycles. The highest BCUT2D eigenvalue weighted by atomic mass is 35.5. The lowest BCUT2D eigenvalue weighted by Crippen LogP contribution is -1.86. The van der Waals surface area contributed by atoms with Gasteiger partial charge in [0.05, 0.1) is 11.8 Å². The lowest BCUT2D eigenvalue weighted by molar-refractivity contribution is 0.152. The number of halogens is 3. The third-order valence-corrected chi connectivity index (χ3v) is 2.17. The van der Waals surface area contributed by atoms with Crippen molar-refractivity contribution in [3.63, 3.8) is 0 Å². The fraction of sp³-hybridized carbons (Fsp3) is 0.100. The molecule has 2 rings (SSSR count). The molecule has 1 aromatic carbocycles. The standard InChI is InChI=1S/C10H7ClF2N2/c11-15-6-8(10(12)13)9(14-15)7-4-2-1-3-5-7/h1-6,10H. The zero-order chi connectivity index (χ0) is 10.8. The molecule has 1 heterocycles. The van der Waals surface area contributed by atoms with Crippen molar-refractivity contribution in [1.29, 1.82) is 0 Å². The van der Waals surface area contributed by atoms with Crippen LogP contribution in [0.3, 0.4) is 0 Å². The van der Waals surface area contributed by atoms with E-state index < -0.39 is 6.43 Å². The van der Waals surface area contributed by atoms with Gasteiger partial charge in [0.25, 0.3) is 6.43 Å². The van der Waals surface area contributed by atoms with Crippen LogP contribution in [0, 0.1) is 0 Å². The topological polar surface area (TPSA) is 17.8 Å². The Bertz CT molecular complexity index is 454. The van der Waals surface area contributed by atoms with Gasteiger partial charge in [-0.05, 0) is 0 Å². The van der Waals surface area contributed by atoms with Crippen LogP contribution in [0.15, 0.2) is 36.5 Å². The first-order chi connectivity index (χ1) is 7.18. The van der Waals surface area contributed by atoms with Crippen LogP contribution in [-0.2, 0) is 0 Å². The van der Waals surface area contributed by atoms with Crippen molar-refractivity contribution in [3.8, 4) is 11.3 Å². The molecule has 2 nitrogen and oxygen atoms in total. The van der Waals surface area contributed by atoms with E-state index in [0.717, 1.165) is 10.4 Å². The molecule has 0 radical (unpaired) electrons. The van der Waals surface area contributed by atoms with Gasteiger partial charge in [0.2, 0.25) is 0 Å². The van der Waals surface area contributed by atoms with E-state index in [9.17, 15) is 8.78 Å². The molecule has 0 saturated carbocycles. The summed E-state index contributed by atoms with van der Waals surface area (Å²) in [6, 6.07) is 8.76. The Morgan fingerprint density at radius 2 is 1.87 bits per heavy atom. The normalized spacial score (nSPS) is 10.9. The molecule has 0 fully saturated rings. The van der Waals surface area contributed by atoms with Crippen LogP contribution in [0.25, 0.3) is 11.3 Å². The van der Waals surface area contributed by atoms with Crippen LogP contribution >= 0.6 is 11.8 Å².